The van der Waals surface area contributed by atoms with Gasteiger partial charge in [-0.3, -0.25) is 4.79 Å². The molecule has 2 aliphatic carbocycles. The van der Waals surface area contributed by atoms with Crippen LogP contribution in [0.2, 0.25) is 0 Å². The van der Waals surface area contributed by atoms with Gasteiger partial charge in [0.25, 0.3) is 0 Å². The number of piperazine rings is 1. The lowest BCUT2D eigenvalue weighted by Gasteiger charge is -2.35. The van der Waals surface area contributed by atoms with E-state index in [1.807, 2.05) is 11.8 Å². The van der Waals surface area contributed by atoms with Gasteiger partial charge in [0, 0.05) is 50.4 Å². The second kappa shape index (κ2) is 7.80. The molecule has 2 heterocycles. The third-order valence-corrected chi connectivity index (χ3v) is 5.90. The van der Waals surface area contributed by atoms with E-state index in [0.29, 0.717) is 17.9 Å². The van der Waals surface area contributed by atoms with Crippen molar-refractivity contribution in [3.8, 4) is 0 Å². The van der Waals surface area contributed by atoms with E-state index in [-0.39, 0.29) is 0 Å². The molecule has 2 saturated carbocycles. The summed E-state index contributed by atoms with van der Waals surface area (Å²) >= 11 is 0. The molecule has 0 aromatic carbocycles. The second-order valence-electron chi connectivity index (χ2n) is 8.19. The summed E-state index contributed by atoms with van der Waals surface area (Å²) in [6.07, 6.45) is 9.61. The van der Waals surface area contributed by atoms with Gasteiger partial charge in [0.05, 0.1) is 0 Å². The third kappa shape index (κ3) is 4.46. The van der Waals surface area contributed by atoms with Crippen molar-refractivity contribution in [1.82, 2.24) is 14.9 Å². The Hall–Kier alpha value is -1.85. The van der Waals surface area contributed by atoms with Gasteiger partial charge in [-0.15, -0.1) is 0 Å². The van der Waals surface area contributed by atoms with Crippen LogP contribution in [0.25, 0.3) is 0 Å². The van der Waals surface area contributed by atoms with Crippen LogP contribution in [0.4, 0.5) is 11.8 Å². The first kappa shape index (κ1) is 17.6. The van der Waals surface area contributed by atoms with Crippen molar-refractivity contribution in [3.63, 3.8) is 0 Å². The number of rotatable bonds is 5. The van der Waals surface area contributed by atoms with Gasteiger partial charge >= 0.3 is 0 Å². The van der Waals surface area contributed by atoms with Crippen LogP contribution in [-0.4, -0.2) is 53.0 Å². The van der Waals surface area contributed by atoms with Crippen molar-refractivity contribution in [2.45, 2.75) is 64.3 Å². The zero-order valence-electron chi connectivity index (χ0n) is 15.9. The molecular formula is C20H31N5O. The Morgan fingerprint density at radius 3 is 2.50 bits per heavy atom. The topological polar surface area (TPSA) is 61.4 Å². The molecule has 1 aromatic rings. The number of amides is 1. The van der Waals surface area contributed by atoms with Crippen molar-refractivity contribution < 1.29 is 4.79 Å². The minimum Gasteiger partial charge on any atom is -0.353 e. The van der Waals surface area contributed by atoms with Gasteiger partial charge < -0.3 is 15.1 Å². The maximum absolute atomic E-state index is 12.3. The van der Waals surface area contributed by atoms with Gasteiger partial charge in [-0.2, -0.15) is 4.98 Å². The molecule has 6 nitrogen and oxygen atoms in total. The Kier molecular flexibility index (Phi) is 5.27. The molecule has 0 unspecified atom stereocenters. The van der Waals surface area contributed by atoms with E-state index in [1.54, 1.807) is 0 Å². The van der Waals surface area contributed by atoms with Crippen LogP contribution in [0.5, 0.6) is 0 Å². The monoisotopic (exact) mass is 357 g/mol. The smallest absolute Gasteiger partial charge is 0.225 e. The first-order valence-corrected chi connectivity index (χ1v) is 10.3. The van der Waals surface area contributed by atoms with Gasteiger partial charge in [0.1, 0.15) is 5.82 Å². The number of aryl methyl sites for hydroxylation is 1. The fourth-order valence-corrected chi connectivity index (χ4v) is 4.09. The van der Waals surface area contributed by atoms with Crippen molar-refractivity contribution in [2.24, 2.45) is 5.92 Å². The van der Waals surface area contributed by atoms with Gasteiger partial charge in [-0.25, -0.2) is 4.98 Å². The number of nitrogens with one attached hydrogen (secondary N) is 1. The lowest BCUT2D eigenvalue weighted by Crippen LogP contribution is -2.49. The highest BCUT2D eigenvalue weighted by molar-refractivity contribution is 5.77. The first-order valence-electron chi connectivity index (χ1n) is 10.3. The highest BCUT2D eigenvalue weighted by Gasteiger charge is 2.29. The van der Waals surface area contributed by atoms with E-state index in [2.05, 4.69) is 21.3 Å². The normalized spacial score (nSPS) is 21.7. The number of carbonyl (C=O) groups excluding carboxylic acids is 1. The van der Waals surface area contributed by atoms with Crippen LogP contribution in [0.1, 0.15) is 57.1 Å². The van der Waals surface area contributed by atoms with Crippen LogP contribution in [0.3, 0.4) is 0 Å². The molecule has 1 saturated heterocycles. The maximum Gasteiger partial charge on any atom is 0.225 e. The van der Waals surface area contributed by atoms with Gasteiger partial charge in [0.15, 0.2) is 0 Å². The lowest BCUT2D eigenvalue weighted by molar-refractivity contribution is -0.131. The van der Waals surface area contributed by atoms with Gasteiger partial charge in [-0.1, -0.05) is 19.3 Å². The molecule has 3 fully saturated rings. The number of anilines is 2. The standard InChI is InChI=1S/C20H31N5O/c1-15-13-18(23-20(21-15)22-17-5-3-2-4-6-17)24-9-11-25(12-10-24)19(26)14-16-7-8-16/h13,16-17H,2-12,14H2,1H3,(H,21,22,23). The molecule has 6 heteroatoms. The number of aromatic nitrogens is 2. The average molecular weight is 358 g/mol. The molecule has 1 aliphatic heterocycles. The molecule has 0 spiro atoms. The third-order valence-electron chi connectivity index (χ3n) is 5.90. The Morgan fingerprint density at radius 1 is 1.08 bits per heavy atom. The molecule has 142 valence electrons. The molecular weight excluding hydrogens is 326 g/mol. The van der Waals surface area contributed by atoms with Crippen LogP contribution in [0, 0.1) is 12.8 Å². The summed E-state index contributed by atoms with van der Waals surface area (Å²) in [5, 5.41) is 3.54. The summed E-state index contributed by atoms with van der Waals surface area (Å²) in [5.41, 5.74) is 1.00. The fourth-order valence-electron chi connectivity index (χ4n) is 4.09. The quantitative estimate of drug-likeness (QED) is 0.878. The van der Waals surface area contributed by atoms with E-state index in [1.165, 1.54) is 44.9 Å². The summed E-state index contributed by atoms with van der Waals surface area (Å²) in [6, 6.07) is 2.57. The molecule has 0 radical (unpaired) electrons. The molecule has 1 amide bonds. The van der Waals surface area contributed by atoms with E-state index in [9.17, 15) is 4.79 Å². The van der Waals surface area contributed by atoms with Crippen LogP contribution in [0.15, 0.2) is 6.07 Å². The van der Waals surface area contributed by atoms with Crippen LogP contribution in [-0.2, 0) is 4.79 Å². The van der Waals surface area contributed by atoms with Crippen molar-refractivity contribution >= 4 is 17.7 Å². The summed E-state index contributed by atoms with van der Waals surface area (Å²) < 4.78 is 0. The van der Waals surface area contributed by atoms with E-state index in [4.69, 9.17) is 4.98 Å². The fraction of sp³-hybridized carbons (Fsp3) is 0.750. The number of carbonyl (C=O) groups is 1. The van der Waals surface area contributed by atoms with Crippen LogP contribution < -0.4 is 10.2 Å². The number of nitrogens with zero attached hydrogens (tertiary/aromatic N) is 4. The summed E-state index contributed by atoms with van der Waals surface area (Å²) in [7, 11) is 0. The van der Waals surface area contributed by atoms with Crippen LogP contribution >= 0.6 is 0 Å². The molecule has 0 bridgehead atoms. The van der Waals surface area contributed by atoms with Gasteiger partial charge in [0.2, 0.25) is 11.9 Å². The molecule has 26 heavy (non-hydrogen) atoms. The predicted octanol–water partition coefficient (Wildman–Crippen LogP) is 2.98. The van der Waals surface area contributed by atoms with Crippen molar-refractivity contribution in [2.75, 3.05) is 36.4 Å². The summed E-state index contributed by atoms with van der Waals surface area (Å²) in [6.45, 7) is 5.36. The Balaban J connectivity index is 1.35. The molecule has 1 N–H and O–H groups in total. The predicted molar refractivity (Wildman–Crippen MR) is 103 cm³/mol. The Bertz CT molecular complexity index is 631. The maximum atomic E-state index is 12.3. The summed E-state index contributed by atoms with van der Waals surface area (Å²) in [4.78, 5) is 26.0. The largest absolute Gasteiger partial charge is 0.353 e. The zero-order chi connectivity index (χ0) is 17.9. The van der Waals surface area contributed by atoms with E-state index in [0.717, 1.165) is 50.1 Å². The Morgan fingerprint density at radius 2 is 1.81 bits per heavy atom. The molecule has 3 aliphatic rings. The molecule has 4 rings (SSSR count). The number of hydrogen-bond acceptors (Lipinski definition) is 5. The SMILES string of the molecule is Cc1cc(N2CCN(C(=O)CC3CC3)CC2)nc(NC2CCCCC2)n1. The van der Waals surface area contributed by atoms with Crippen molar-refractivity contribution in [1.29, 1.82) is 0 Å². The minimum atomic E-state index is 0.339. The first-order chi connectivity index (χ1) is 12.7. The number of hydrogen-bond donors (Lipinski definition) is 1. The Labute approximate surface area is 156 Å². The molecule has 0 atom stereocenters. The van der Waals surface area contributed by atoms with E-state index < -0.39 is 0 Å². The highest BCUT2D eigenvalue weighted by Crippen LogP contribution is 2.33. The highest BCUT2D eigenvalue weighted by atomic mass is 16.2. The summed E-state index contributed by atoms with van der Waals surface area (Å²) in [5.74, 6) is 2.76. The zero-order valence-corrected chi connectivity index (χ0v) is 15.9. The second-order valence-corrected chi connectivity index (χ2v) is 8.19. The minimum absolute atomic E-state index is 0.339. The average Bonchev–Trinajstić information content (AvgIpc) is 3.46. The molecule has 1 aromatic heterocycles. The van der Waals surface area contributed by atoms with Gasteiger partial charge in [-0.05, 0) is 38.5 Å². The lowest BCUT2D eigenvalue weighted by atomic mass is 9.96. The van der Waals surface area contributed by atoms with E-state index >= 15 is 0 Å². The van der Waals surface area contributed by atoms with Crippen molar-refractivity contribution in [3.05, 3.63) is 11.8 Å².